The molecule has 1 aliphatic rings. The van der Waals surface area contributed by atoms with Crippen LogP contribution >= 0.6 is 0 Å². The first kappa shape index (κ1) is 12.5. The molecule has 0 radical (unpaired) electrons. The summed E-state index contributed by atoms with van der Waals surface area (Å²) < 4.78 is 13.8. The molecule has 0 spiro atoms. The second kappa shape index (κ2) is 4.23. The van der Waals surface area contributed by atoms with E-state index in [4.69, 9.17) is 0 Å². The van der Waals surface area contributed by atoms with Gasteiger partial charge in [-0.15, -0.1) is 0 Å². The van der Waals surface area contributed by atoms with Gasteiger partial charge in [-0.3, -0.25) is 4.21 Å². The van der Waals surface area contributed by atoms with Gasteiger partial charge >= 0.3 is 0 Å². The van der Waals surface area contributed by atoms with Crippen LogP contribution < -0.4 is 0 Å². The second-order valence-electron chi connectivity index (χ2n) is 5.65. The SMILES string of the molecule is CC(C)(C)c1nc2c(c(-n3cccn3)n1)S(=O)CC2. The molecular formula is C13H16N4OS. The topological polar surface area (TPSA) is 60.7 Å². The summed E-state index contributed by atoms with van der Waals surface area (Å²) in [5.74, 6) is 2.07. The van der Waals surface area contributed by atoms with Crippen molar-refractivity contribution in [3.05, 3.63) is 30.0 Å². The van der Waals surface area contributed by atoms with Crippen molar-refractivity contribution >= 4 is 10.8 Å². The molecule has 6 heteroatoms. The Bertz CT molecular complexity index is 643. The lowest BCUT2D eigenvalue weighted by Gasteiger charge is -2.18. The summed E-state index contributed by atoms with van der Waals surface area (Å²) in [5, 5.41) is 4.21. The van der Waals surface area contributed by atoms with Crippen LogP contribution in [0.4, 0.5) is 0 Å². The van der Waals surface area contributed by atoms with E-state index in [1.165, 1.54) is 0 Å². The second-order valence-corrected chi connectivity index (χ2v) is 7.15. The molecule has 0 saturated carbocycles. The fraction of sp³-hybridized carbons (Fsp3) is 0.462. The van der Waals surface area contributed by atoms with Gasteiger partial charge < -0.3 is 0 Å². The fourth-order valence-corrected chi connectivity index (χ4v) is 3.40. The average molecular weight is 276 g/mol. The number of rotatable bonds is 1. The highest BCUT2D eigenvalue weighted by atomic mass is 32.2. The largest absolute Gasteiger partial charge is 0.254 e. The van der Waals surface area contributed by atoms with Gasteiger partial charge in [0, 0.05) is 30.0 Å². The van der Waals surface area contributed by atoms with Crippen LogP contribution in [-0.4, -0.2) is 29.7 Å². The molecule has 19 heavy (non-hydrogen) atoms. The Labute approximate surface area is 114 Å². The number of fused-ring (bicyclic) bond motifs is 1. The zero-order valence-electron chi connectivity index (χ0n) is 11.3. The number of aromatic nitrogens is 4. The molecule has 0 bridgehead atoms. The lowest BCUT2D eigenvalue weighted by molar-refractivity contribution is 0.535. The highest BCUT2D eigenvalue weighted by molar-refractivity contribution is 7.85. The Balaban J connectivity index is 2.27. The maximum atomic E-state index is 12.1. The summed E-state index contributed by atoms with van der Waals surface area (Å²) in [6.45, 7) is 6.23. The van der Waals surface area contributed by atoms with Gasteiger partial charge in [0.05, 0.1) is 16.5 Å². The van der Waals surface area contributed by atoms with E-state index < -0.39 is 10.8 Å². The van der Waals surface area contributed by atoms with Crippen molar-refractivity contribution in [3.63, 3.8) is 0 Å². The first-order valence-corrected chi connectivity index (χ1v) is 7.58. The molecule has 0 aliphatic carbocycles. The maximum Gasteiger partial charge on any atom is 0.173 e. The van der Waals surface area contributed by atoms with Crippen LogP contribution in [0.25, 0.3) is 5.82 Å². The zero-order valence-corrected chi connectivity index (χ0v) is 12.1. The highest BCUT2D eigenvalue weighted by Crippen LogP contribution is 2.29. The van der Waals surface area contributed by atoms with E-state index >= 15 is 0 Å². The molecule has 2 aromatic heterocycles. The fourth-order valence-electron chi connectivity index (χ4n) is 2.06. The van der Waals surface area contributed by atoms with Gasteiger partial charge in [-0.1, -0.05) is 20.8 Å². The maximum absolute atomic E-state index is 12.1. The Hall–Kier alpha value is -1.56. The minimum Gasteiger partial charge on any atom is -0.254 e. The molecule has 3 heterocycles. The van der Waals surface area contributed by atoms with Gasteiger partial charge in [0.15, 0.2) is 5.82 Å². The van der Waals surface area contributed by atoms with Gasteiger partial charge in [-0.25, -0.2) is 14.6 Å². The number of hydrogen-bond donors (Lipinski definition) is 0. The molecule has 0 aromatic carbocycles. The van der Waals surface area contributed by atoms with Crippen molar-refractivity contribution in [1.29, 1.82) is 0 Å². The lowest BCUT2D eigenvalue weighted by atomic mass is 9.95. The number of nitrogens with zero attached hydrogens (tertiary/aromatic N) is 4. The van der Waals surface area contributed by atoms with Crippen LogP contribution in [0.15, 0.2) is 23.4 Å². The van der Waals surface area contributed by atoms with Crippen molar-refractivity contribution in [2.24, 2.45) is 0 Å². The minimum atomic E-state index is -1.01. The molecule has 0 amide bonds. The van der Waals surface area contributed by atoms with Gasteiger partial charge in [0.25, 0.3) is 0 Å². The molecule has 0 N–H and O–H groups in total. The predicted molar refractivity (Wildman–Crippen MR) is 72.8 cm³/mol. The molecule has 1 atom stereocenters. The highest BCUT2D eigenvalue weighted by Gasteiger charge is 2.29. The molecule has 0 fully saturated rings. The van der Waals surface area contributed by atoms with Crippen molar-refractivity contribution < 1.29 is 4.21 Å². The Kier molecular flexibility index (Phi) is 2.78. The average Bonchev–Trinajstić information content (AvgIpc) is 2.97. The zero-order chi connectivity index (χ0) is 13.6. The van der Waals surface area contributed by atoms with Gasteiger partial charge in [-0.2, -0.15) is 5.10 Å². The van der Waals surface area contributed by atoms with Crippen LogP contribution in [0.2, 0.25) is 0 Å². The minimum absolute atomic E-state index is 0.138. The van der Waals surface area contributed by atoms with E-state index in [1.807, 2.05) is 12.3 Å². The summed E-state index contributed by atoms with van der Waals surface area (Å²) in [6.07, 6.45) is 4.27. The van der Waals surface area contributed by atoms with Crippen LogP contribution in [0.5, 0.6) is 0 Å². The Morgan fingerprint density at radius 2 is 2.11 bits per heavy atom. The van der Waals surface area contributed by atoms with Crippen molar-refractivity contribution in [2.45, 2.75) is 37.5 Å². The van der Waals surface area contributed by atoms with Gasteiger partial charge in [0.1, 0.15) is 10.7 Å². The molecule has 1 unspecified atom stereocenters. The van der Waals surface area contributed by atoms with Crippen LogP contribution in [0, 0.1) is 0 Å². The smallest absolute Gasteiger partial charge is 0.173 e. The Morgan fingerprint density at radius 1 is 1.32 bits per heavy atom. The summed E-state index contributed by atoms with van der Waals surface area (Å²) in [4.78, 5) is 9.95. The third kappa shape index (κ3) is 2.10. The molecule has 0 saturated heterocycles. The monoisotopic (exact) mass is 276 g/mol. The van der Waals surface area contributed by atoms with Crippen LogP contribution in [0.1, 0.15) is 32.3 Å². The van der Waals surface area contributed by atoms with Gasteiger partial charge in [0.2, 0.25) is 0 Å². The quantitative estimate of drug-likeness (QED) is 0.794. The lowest BCUT2D eigenvalue weighted by Crippen LogP contribution is -2.19. The summed E-state index contributed by atoms with van der Waals surface area (Å²) >= 11 is 0. The first-order chi connectivity index (χ1) is 8.97. The number of aryl methyl sites for hydroxylation is 1. The first-order valence-electron chi connectivity index (χ1n) is 6.26. The molecule has 100 valence electrons. The van der Waals surface area contributed by atoms with Crippen molar-refractivity contribution in [3.8, 4) is 5.82 Å². The van der Waals surface area contributed by atoms with E-state index in [9.17, 15) is 4.21 Å². The van der Waals surface area contributed by atoms with Crippen LogP contribution in [0.3, 0.4) is 0 Å². The van der Waals surface area contributed by atoms with E-state index in [0.717, 1.165) is 22.8 Å². The standard InChI is InChI=1S/C13H16N4OS/c1-13(2,3)12-15-9-5-8-19(18)10(9)11(16-12)17-7-4-6-14-17/h4,6-7H,5,8H2,1-3H3. The summed E-state index contributed by atoms with van der Waals surface area (Å²) in [6, 6.07) is 1.84. The molecule has 2 aromatic rings. The molecule has 1 aliphatic heterocycles. The molecular weight excluding hydrogens is 260 g/mol. The van der Waals surface area contributed by atoms with E-state index in [-0.39, 0.29) is 5.41 Å². The van der Waals surface area contributed by atoms with Crippen molar-refractivity contribution in [1.82, 2.24) is 19.7 Å². The van der Waals surface area contributed by atoms with E-state index in [1.54, 1.807) is 10.9 Å². The van der Waals surface area contributed by atoms with Gasteiger partial charge in [-0.05, 0) is 6.07 Å². The van der Waals surface area contributed by atoms with E-state index in [0.29, 0.717) is 11.6 Å². The number of hydrogen-bond acceptors (Lipinski definition) is 4. The summed E-state index contributed by atoms with van der Waals surface area (Å²) in [5.41, 5.74) is 0.768. The summed E-state index contributed by atoms with van der Waals surface area (Å²) in [7, 11) is -1.01. The normalized spacial score (nSPS) is 18.6. The molecule has 3 rings (SSSR count). The molecule has 5 nitrogen and oxygen atoms in total. The van der Waals surface area contributed by atoms with Crippen molar-refractivity contribution in [2.75, 3.05) is 5.75 Å². The Morgan fingerprint density at radius 3 is 2.74 bits per heavy atom. The van der Waals surface area contributed by atoms with E-state index in [2.05, 4.69) is 35.8 Å². The third-order valence-electron chi connectivity index (χ3n) is 3.06. The van der Waals surface area contributed by atoms with Crippen LogP contribution in [-0.2, 0) is 22.6 Å². The third-order valence-corrected chi connectivity index (χ3v) is 4.51. The predicted octanol–water partition coefficient (Wildman–Crippen LogP) is 1.62.